The zero-order valence-electron chi connectivity index (χ0n) is 21.0. The lowest BCUT2D eigenvalue weighted by Gasteiger charge is -2.17. The molecule has 12 heteroatoms. The Morgan fingerprint density at radius 1 is 0.925 bits per heavy atom. The van der Waals surface area contributed by atoms with Crippen molar-refractivity contribution in [2.75, 3.05) is 14.2 Å². The Labute approximate surface area is 224 Å². The van der Waals surface area contributed by atoms with E-state index >= 15 is 0 Å². The molecule has 0 amide bonds. The molecular formula is C28H19F5N4O3. The Morgan fingerprint density at radius 3 is 2.40 bits per heavy atom. The van der Waals surface area contributed by atoms with E-state index in [9.17, 15) is 26.7 Å². The molecule has 0 N–H and O–H groups in total. The molecule has 0 saturated heterocycles. The van der Waals surface area contributed by atoms with Crippen LogP contribution in [0.5, 0.6) is 5.75 Å². The van der Waals surface area contributed by atoms with Gasteiger partial charge in [0.25, 0.3) is 0 Å². The van der Waals surface area contributed by atoms with E-state index in [0.717, 1.165) is 19.2 Å². The van der Waals surface area contributed by atoms with Crippen LogP contribution in [0.4, 0.5) is 22.0 Å². The van der Waals surface area contributed by atoms with E-state index in [1.165, 1.54) is 60.6 Å². The summed E-state index contributed by atoms with van der Waals surface area (Å²) in [6, 6.07) is 11.6. The molecule has 0 saturated carbocycles. The number of fused-ring (bicyclic) bond motifs is 1. The van der Waals surface area contributed by atoms with Crippen LogP contribution < -0.4 is 4.74 Å². The monoisotopic (exact) mass is 554 g/mol. The summed E-state index contributed by atoms with van der Waals surface area (Å²) in [6.45, 7) is 0.103. The number of carbonyl (C=O) groups excluding carboxylic acids is 1. The first-order valence-electron chi connectivity index (χ1n) is 11.7. The molecule has 204 valence electrons. The van der Waals surface area contributed by atoms with Gasteiger partial charge in [-0.1, -0.05) is 24.3 Å². The van der Waals surface area contributed by atoms with Crippen molar-refractivity contribution < 1.29 is 36.2 Å². The third kappa shape index (κ3) is 5.07. The minimum atomic E-state index is -4.71. The number of halogens is 5. The third-order valence-electron chi connectivity index (χ3n) is 6.16. The third-order valence-corrected chi connectivity index (χ3v) is 6.16. The Bertz CT molecular complexity index is 1700. The number of methoxy groups -OCH3 is 2. The van der Waals surface area contributed by atoms with Crippen molar-refractivity contribution >= 4 is 5.97 Å². The molecule has 2 aliphatic heterocycles. The number of hydrogen-bond acceptors (Lipinski definition) is 6. The first-order chi connectivity index (χ1) is 19.1. The van der Waals surface area contributed by atoms with Crippen LogP contribution in [0, 0.1) is 11.6 Å². The number of nitrogens with zero attached hydrogens (tertiary/aromatic N) is 4. The maximum Gasteiger partial charge on any atom is 0.417 e. The van der Waals surface area contributed by atoms with E-state index in [2.05, 4.69) is 15.1 Å². The normalized spacial score (nSPS) is 11.6. The van der Waals surface area contributed by atoms with Crippen molar-refractivity contribution in [3.05, 3.63) is 95.3 Å². The first kappa shape index (κ1) is 26.7. The van der Waals surface area contributed by atoms with E-state index in [1.807, 2.05) is 0 Å². The average Bonchev–Trinajstić information content (AvgIpc) is 3.36. The van der Waals surface area contributed by atoms with Crippen LogP contribution in [0.3, 0.4) is 0 Å². The molecule has 0 unspecified atom stereocenters. The minimum absolute atomic E-state index is 0.0103. The van der Waals surface area contributed by atoms with Crippen LogP contribution in [-0.2, 0) is 17.5 Å². The second-order valence-electron chi connectivity index (χ2n) is 8.67. The van der Waals surface area contributed by atoms with Gasteiger partial charge in [0.05, 0.1) is 49.8 Å². The lowest BCUT2D eigenvalue weighted by molar-refractivity contribution is -0.137. The van der Waals surface area contributed by atoms with Gasteiger partial charge in [0.2, 0.25) is 0 Å². The predicted molar refractivity (Wildman–Crippen MR) is 134 cm³/mol. The van der Waals surface area contributed by atoms with Crippen LogP contribution >= 0.6 is 0 Å². The van der Waals surface area contributed by atoms with Gasteiger partial charge in [-0.2, -0.15) is 18.3 Å². The number of imidazole rings is 1. The van der Waals surface area contributed by atoms with E-state index in [0.29, 0.717) is 17.0 Å². The Morgan fingerprint density at radius 2 is 1.68 bits per heavy atom. The maximum absolute atomic E-state index is 14.2. The van der Waals surface area contributed by atoms with E-state index in [-0.39, 0.29) is 40.4 Å². The summed E-state index contributed by atoms with van der Waals surface area (Å²) in [5.74, 6) is -2.91. The number of esters is 1. The summed E-state index contributed by atoms with van der Waals surface area (Å²) in [4.78, 5) is 21.1. The molecule has 2 aliphatic rings. The highest BCUT2D eigenvalue weighted by atomic mass is 19.4. The predicted octanol–water partition coefficient (Wildman–Crippen LogP) is 6.25. The average molecular weight is 554 g/mol. The number of hydrogen-bond donors (Lipinski definition) is 0. The maximum atomic E-state index is 14.2. The molecule has 0 fully saturated rings. The molecule has 0 atom stereocenters. The fourth-order valence-electron chi connectivity index (χ4n) is 4.25. The second-order valence-corrected chi connectivity index (χ2v) is 8.67. The zero-order chi connectivity index (χ0) is 28.6. The standard InChI is InChI=1S/C28H19F5N4O3/c1-39-16-7-9-18(21(11-16)28(31,32)33)17-8-6-15(10-20(17)27(38)40-2)13-37-14-24-23(12-34-37)35-26(36-24)19-4-3-5-22(29)25(19)30/h3-12,14H,13H2,1-2H3. The topological polar surface area (TPSA) is 79.1 Å². The zero-order valence-corrected chi connectivity index (χ0v) is 21.0. The SMILES string of the molecule is COC(=O)c1cc(Cn2cc3nc(-c4cccc(F)c4F)nc-3cn2)ccc1-c1ccc(OC)cc1C(F)(F)F. The molecule has 7 nitrogen and oxygen atoms in total. The molecule has 3 aromatic rings. The van der Waals surface area contributed by atoms with Gasteiger partial charge in [0.15, 0.2) is 17.5 Å². The Kier molecular flexibility index (Phi) is 6.92. The van der Waals surface area contributed by atoms with Crippen molar-refractivity contribution in [1.82, 2.24) is 19.7 Å². The summed E-state index contributed by atoms with van der Waals surface area (Å²) in [5, 5.41) is 4.26. The molecular weight excluding hydrogens is 535 g/mol. The van der Waals surface area contributed by atoms with Crippen molar-refractivity contribution in [3.63, 3.8) is 0 Å². The molecule has 0 aliphatic carbocycles. The molecule has 0 bridgehead atoms. The van der Waals surface area contributed by atoms with Gasteiger partial charge in [-0.3, -0.25) is 4.68 Å². The van der Waals surface area contributed by atoms with E-state index in [4.69, 9.17) is 9.47 Å². The minimum Gasteiger partial charge on any atom is -0.497 e. The fraction of sp³-hybridized carbons (Fsp3) is 0.143. The highest BCUT2D eigenvalue weighted by Gasteiger charge is 2.35. The summed E-state index contributed by atoms with van der Waals surface area (Å²) in [7, 11) is 2.39. The fourth-order valence-corrected chi connectivity index (χ4v) is 4.25. The summed E-state index contributed by atoms with van der Waals surface area (Å²) < 4.78 is 80.8. The quantitative estimate of drug-likeness (QED) is 0.182. The van der Waals surface area contributed by atoms with Crippen molar-refractivity contribution in [1.29, 1.82) is 0 Å². The summed E-state index contributed by atoms with van der Waals surface area (Å²) >= 11 is 0. The van der Waals surface area contributed by atoms with Gasteiger partial charge in [-0.15, -0.1) is 0 Å². The van der Waals surface area contributed by atoms with Gasteiger partial charge < -0.3 is 9.47 Å². The van der Waals surface area contributed by atoms with Gasteiger partial charge >= 0.3 is 12.1 Å². The molecule has 0 aromatic heterocycles. The smallest absolute Gasteiger partial charge is 0.417 e. The van der Waals surface area contributed by atoms with Crippen molar-refractivity contribution in [2.24, 2.45) is 0 Å². The van der Waals surface area contributed by atoms with Gasteiger partial charge in [-0.25, -0.2) is 23.5 Å². The number of benzene rings is 3. The molecule has 0 spiro atoms. The Hall–Kier alpha value is -4.87. The Balaban J connectivity index is 1.52. The van der Waals surface area contributed by atoms with E-state index < -0.39 is 29.3 Å². The van der Waals surface area contributed by atoms with Gasteiger partial charge in [-0.05, 0) is 47.0 Å². The largest absolute Gasteiger partial charge is 0.497 e. The molecule has 0 radical (unpaired) electrons. The lowest BCUT2D eigenvalue weighted by atomic mass is 9.93. The lowest BCUT2D eigenvalue weighted by Crippen LogP contribution is -2.11. The molecule has 5 rings (SSSR count). The molecule has 2 heterocycles. The number of carbonyl (C=O) groups is 1. The van der Waals surface area contributed by atoms with Crippen molar-refractivity contribution in [3.8, 4) is 39.7 Å². The molecule has 3 aromatic carbocycles. The number of ether oxygens (including phenoxy) is 2. The van der Waals surface area contributed by atoms with Crippen LogP contribution in [0.1, 0.15) is 21.5 Å². The van der Waals surface area contributed by atoms with E-state index in [1.54, 1.807) is 6.07 Å². The number of rotatable bonds is 6. The van der Waals surface area contributed by atoms with Gasteiger partial charge in [0.1, 0.15) is 17.1 Å². The first-order valence-corrected chi connectivity index (χ1v) is 11.7. The van der Waals surface area contributed by atoms with Crippen LogP contribution in [0.25, 0.3) is 33.9 Å². The van der Waals surface area contributed by atoms with Crippen molar-refractivity contribution in [2.45, 2.75) is 12.7 Å². The highest BCUT2D eigenvalue weighted by Crippen LogP contribution is 2.40. The summed E-state index contributed by atoms with van der Waals surface area (Å²) in [5.41, 5.74) is -0.0943. The molecule has 40 heavy (non-hydrogen) atoms. The van der Waals surface area contributed by atoms with Crippen LogP contribution in [-0.4, -0.2) is 39.9 Å². The van der Waals surface area contributed by atoms with Gasteiger partial charge in [0, 0.05) is 0 Å². The van der Waals surface area contributed by atoms with Crippen LogP contribution in [0.2, 0.25) is 0 Å². The summed E-state index contributed by atoms with van der Waals surface area (Å²) in [6.07, 6.45) is -1.79. The number of alkyl halides is 3. The number of aromatic nitrogens is 4. The highest BCUT2D eigenvalue weighted by molar-refractivity contribution is 5.98. The second kappa shape index (κ2) is 10.4. The van der Waals surface area contributed by atoms with Crippen LogP contribution in [0.15, 0.2) is 67.0 Å².